The number of aryl methyl sites for hydroxylation is 1. The number of hydrogen-bond acceptors (Lipinski definition) is 3. The van der Waals surface area contributed by atoms with Crippen LogP contribution in [0.1, 0.15) is 17.4 Å². The van der Waals surface area contributed by atoms with Crippen LogP contribution in [-0.2, 0) is 13.6 Å². The van der Waals surface area contributed by atoms with Crippen molar-refractivity contribution < 1.29 is 4.39 Å². The van der Waals surface area contributed by atoms with Gasteiger partial charge in [0.1, 0.15) is 11.6 Å². The number of nitrogens with one attached hydrogen (secondary N) is 1. The summed E-state index contributed by atoms with van der Waals surface area (Å²) in [5.74, 6) is 0.731. The largest absolute Gasteiger partial charge is 0.337 e. The predicted molar refractivity (Wildman–Crippen MR) is 87.9 cm³/mol. The molecule has 1 unspecified atom stereocenters. The molecule has 0 bridgehead atoms. The third-order valence-corrected chi connectivity index (χ3v) is 4.29. The second kappa shape index (κ2) is 7.42. The van der Waals surface area contributed by atoms with E-state index in [1.54, 1.807) is 18.3 Å². The number of halogens is 3. The van der Waals surface area contributed by atoms with Crippen molar-refractivity contribution in [3.8, 4) is 0 Å². The quantitative estimate of drug-likeness (QED) is 0.929. The Morgan fingerprint density at radius 3 is 2.95 bits per heavy atom. The normalized spacial score (nSPS) is 19.0. The zero-order valence-electron chi connectivity index (χ0n) is 12.3. The highest BCUT2D eigenvalue weighted by molar-refractivity contribution is 6.31. The van der Waals surface area contributed by atoms with E-state index in [4.69, 9.17) is 11.6 Å². The van der Waals surface area contributed by atoms with Gasteiger partial charge in [-0.05, 0) is 12.1 Å². The minimum Gasteiger partial charge on any atom is -0.337 e. The Kier molecular flexibility index (Phi) is 5.81. The summed E-state index contributed by atoms with van der Waals surface area (Å²) in [4.78, 5) is 6.66. The van der Waals surface area contributed by atoms with Gasteiger partial charge in [0.2, 0.25) is 0 Å². The predicted octanol–water partition coefficient (Wildman–Crippen LogP) is 2.78. The lowest BCUT2D eigenvalue weighted by Gasteiger charge is -2.35. The summed E-state index contributed by atoms with van der Waals surface area (Å²) in [7, 11) is 1.98. The van der Waals surface area contributed by atoms with Crippen molar-refractivity contribution in [3.63, 3.8) is 0 Å². The lowest BCUT2D eigenvalue weighted by molar-refractivity contribution is 0.143. The van der Waals surface area contributed by atoms with Crippen LogP contribution in [0.2, 0.25) is 5.02 Å². The molecule has 2 heterocycles. The lowest BCUT2D eigenvalue weighted by atomic mass is 10.1. The van der Waals surface area contributed by atoms with Gasteiger partial charge in [0, 0.05) is 56.2 Å². The van der Waals surface area contributed by atoms with Crippen LogP contribution in [0, 0.1) is 5.82 Å². The van der Waals surface area contributed by atoms with Crippen LogP contribution >= 0.6 is 24.0 Å². The number of nitrogens with zero attached hydrogens (tertiary/aromatic N) is 3. The smallest absolute Gasteiger partial charge is 0.129 e. The van der Waals surface area contributed by atoms with Gasteiger partial charge in [-0.25, -0.2) is 9.37 Å². The highest BCUT2D eigenvalue weighted by atomic mass is 35.5. The van der Waals surface area contributed by atoms with E-state index in [-0.39, 0.29) is 24.3 Å². The molecule has 1 atom stereocenters. The van der Waals surface area contributed by atoms with E-state index >= 15 is 0 Å². The number of aromatic nitrogens is 2. The highest BCUT2D eigenvalue weighted by Gasteiger charge is 2.27. The second-order valence-corrected chi connectivity index (χ2v) is 5.69. The SMILES string of the molecule is Cl.Cn1ccnc1C1CNCCN1Cc1c(F)cccc1Cl. The molecular formula is C15H19Cl2FN4. The van der Waals surface area contributed by atoms with Crippen molar-refractivity contribution in [2.75, 3.05) is 19.6 Å². The van der Waals surface area contributed by atoms with Crippen molar-refractivity contribution in [2.24, 2.45) is 7.05 Å². The molecule has 0 spiro atoms. The Morgan fingerprint density at radius 1 is 1.45 bits per heavy atom. The van der Waals surface area contributed by atoms with Crippen LogP contribution in [0.3, 0.4) is 0 Å². The van der Waals surface area contributed by atoms with E-state index in [0.717, 1.165) is 25.5 Å². The second-order valence-electron chi connectivity index (χ2n) is 5.29. The average molecular weight is 345 g/mol. The van der Waals surface area contributed by atoms with Gasteiger partial charge in [0.25, 0.3) is 0 Å². The first kappa shape index (κ1) is 17.2. The molecule has 1 saturated heterocycles. The molecule has 1 N–H and O–H groups in total. The van der Waals surface area contributed by atoms with Gasteiger partial charge in [0.15, 0.2) is 0 Å². The number of piperazine rings is 1. The number of hydrogen-bond donors (Lipinski definition) is 1. The van der Waals surface area contributed by atoms with Crippen LogP contribution in [0.4, 0.5) is 4.39 Å². The van der Waals surface area contributed by atoms with Gasteiger partial charge in [-0.2, -0.15) is 0 Å². The molecular weight excluding hydrogens is 326 g/mol. The van der Waals surface area contributed by atoms with E-state index in [2.05, 4.69) is 15.2 Å². The van der Waals surface area contributed by atoms with Gasteiger partial charge in [-0.3, -0.25) is 4.90 Å². The van der Waals surface area contributed by atoms with Crippen molar-refractivity contribution in [2.45, 2.75) is 12.6 Å². The first-order valence-corrected chi connectivity index (χ1v) is 7.39. The summed E-state index contributed by atoms with van der Waals surface area (Å²) in [6, 6.07) is 4.95. The van der Waals surface area contributed by atoms with Gasteiger partial charge in [-0.15, -0.1) is 12.4 Å². The molecule has 7 heteroatoms. The number of rotatable bonds is 3. The zero-order valence-corrected chi connectivity index (χ0v) is 13.9. The van der Waals surface area contributed by atoms with E-state index in [9.17, 15) is 4.39 Å². The van der Waals surface area contributed by atoms with Crippen molar-refractivity contribution in [3.05, 3.63) is 52.8 Å². The summed E-state index contributed by atoms with van der Waals surface area (Å²) >= 11 is 6.15. The van der Waals surface area contributed by atoms with Crippen LogP contribution < -0.4 is 5.32 Å². The molecule has 3 rings (SSSR count). The molecule has 1 aliphatic heterocycles. The van der Waals surface area contributed by atoms with Gasteiger partial charge < -0.3 is 9.88 Å². The van der Waals surface area contributed by atoms with Gasteiger partial charge >= 0.3 is 0 Å². The first-order valence-electron chi connectivity index (χ1n) is 7.01. The molecule has 1 aromatic heterocycles. The highest BCUT2D eigenvalue weighted by Crippen LogP contribution is 2.26. The van der Waals surface area contributed by atoms with Crippen LogP contribution in [0.25, 0.3) is 0 Å². The fourth-order valence-electron chi connectivity index (χ4n) is 2.77. The molecule has 0 radical (unpaired) electrons. The standard InChI is InChI=1S/C15H18ClFN4.ClH/c1-20-7-6-19-15(20)14-9-18-5-8-21(14)10-11-12(16)3-2-4-13(11)17;/h2-4,6-7,14,18H,5,8-10H2,1H3;1H. The Bertz CT molecular complexity index is 612. The first-order chi connectivity index (χ1) is 10.2. The summed E-state index contributed by atoms with van der Waals surface area (Å²) in [6.45, 7) is 3.01. The maximum atomic E-state index is 14.0. The third-order valence-electron chi connectivity index (χ3n) is 3.93. The van der Waals surface area contributed by atoms with E-state index in [0.29, 0.717) is 17.1 Å². The van der Waals surface area contributed by atoms with Crippen molar-refractivity contribution in [1.82, 2.24) is 19.8 Å². The van der Waals surface area contributed by atoms with E-state index in [1.165, 1.54) is 6.07 Å². The zero-order chi connectivity index (χ0) is 14.8. The maximum Gasteiger partial charge on any atom is 0.129 e. The Hall–Kier alpha value is -1.14. The molecule has 0 amide bonds. The topological polar surface area (TPSA) is 33.1 Å². The molecule has 4 nitrogen and oxygen atoms in total. The van der Waals surface area contributed by atoms with Crippen LogP contribution in [-0.4, -0.2) is 34.1 Å². The van der Waals surface area contributed by atoms with Gasteiger partial charge in [0.05, 0.1) is 6.04 Å². The molecule has 0 aliphatic carbocycles. The van der Waals surface area contributed by atoms with Crippen LogP contribution in [0.5, 0.6) is 0 Å². The van der Waals surface area contributed by atoms with E-state index < -0.39 is 0 Å². The molecule has 120 valence electrons. The fourth-order valence-corrected chi connectivity index (χ4v) is 3.00. The van der Waals surface area contributed by atoms with Crippen molar-refractivity contribution >= 4 is 24.0 Å². The Balaban J connectivity index is 0.00000176. The molecule has 2 aromatic rings. The monoisotopic (exact) mass is 344 g/mol. The Labute approximate surface area is 140 Å². The minimum absolute atomic E-state index is 0. The summed E-state index contributed by atoms with van der Waals surface area (Å²) < 4.78 is 16.0. The minimum atomic E-state index is -0.250. The van der Waals surface area contributed by atoms with Gasteiger partial charge in [-0.1, -0.05) is 17.7 Å². The third kappa shape index (κ3) is 3.43. The molecule has 0 saturated carbocycles. The number of benzene rings is 1. The van der Waals surface area contributed by atoms with Crippen molar-refractivity contribution in [1.29, 1.82) is 0 Å². The summed E-state index contributed by atoms with van der Waals surface area (Å²) in [6.07, 6.45) is 3.72. The molecule has 1 fully saturated rings. The molecule has 1 aliphatic rings. The van der Waals surface area contributed by atoms with E-state index in [1.807, 2.05) is 17.8 Å². The number of imidazole rings is 1. The Morgan fingerprint density at radius 2 is 2.27 bits per heavy atom. The average Bonchev–Trinajstić information content (AvgIpc) is 2.90. The molecule has 1 aromatic carbocycles. The maximum absolute atomic E-state index is 14.0. The summed E-state index contributed by atoms with van der Waals surface area (Å²) in [5.41, 5.74) is 0.556. The van der Waals surface area contributed by atoms with Crippen LogP contribution in [0.15, 0.2) is 30.6 Å². The fraction of sp³-hybridized carbons (Fsp3) is 0.400. The lowest BCUT2D eigenvalue weighted by Crippen LogP contribution is -2.46. The summed E-state index contributed by atoms with van der Waals surface area (Å²) in [5, 5.41) is 3.85. The molecule has 22 heavy (non-hydrogen) atoms.